The van der Waals surface area contributed by atoms with Crippen LogP contribution in [0.5, 0.6) is 0 Å². The quantitative estimate of drug-likeness (QED) is 0.851. The third-order valence-electron chi connectivity index (χ3n) is 2.48. The molecule has 1 aromatic heterocycles. The summed E-state index contributed by atoms with van der Waals surface area (Å²) in [4.78, 5) is 4.01. The fourth-order valence-electron chi connectivity index (χ4n) is 1.15. The highest BCUT2D eigenvalue weighted by Gasteiger charge is 2.28. The van der Waals surface area contributed by atoms with Crippen molar-refractivity contribution in [3.8, 4) is 0 Å². The molecule has 1 heterocycles. The van der Waals surface area contributed by atoms with Crippen LogP contribution in [0.15, 0.2) is 6.33 Å². The average Bonchev–Trinajstić information content (AvgIpc) is 2.61. The van der Waals surface area contributed by atoms with Gasteiger partial charge in [-0.15, -0.1) is 0 Å². The molecule has 6 nitrogen and oxygen atoms in total. The van der Waals surface area contributed by atoms with E-state index in [4.69, 9.17) is 5.73 Å². The first-order valence-corrected chi connectivity index (χ1v) is 7.16. The lowest BCUT2D eigenvalue weighted by Gasteiger charge is -2.18. The van der Waals surface area contributed by atoms with E-state index in [0.717, 1.165) is 0 Å². The highest BCUT2D eigenvalue weighted by molar-refractivity contribution is 7.92. The largest absolute Gasteiger partial charge is 0.321 e. The van der Waals surface area contributed by atoms with E-state index in [1.54, 1.807) is 27.7 Å². The Bertz CT molecular complexity index is 471. The molecule has 0 bridgehead atoms. The number of nitrogens with zero attached hydrogens (tertiary/aromatic N) is 3. The molecule has 0 fully saturated rings. The van der Waals surface area contributed by atoms with Crippen LogP contribution in [0.1, 0.15) is 39.6 Å². The van der Waals surface area contributed by atoms with Crippen molar-refractivity contribution in [3.63, 3.8) is 0 Å². The predicted molar refractivity (Wildman–Crippen MR) is 66.2 cm³/mol. The average molecular weight is 260 g/mol. The lowest BCUT2D eigenvalue weighted by Crippen LogP contribution is -2.32. The summed E-state index contributed by atoms with van der Waals surface area (Å²) in [6, 6.07) is -0.240. The van der Waals surface area contributed by atoms with Gasteiger partial charge >= 0.3 is 0 Å². The van der Waals surface area contributed by atoms with Crippen molar-refractivity contribution in [2.24, 2.45) is 5.73 Å². The summed E-state index contributed by atoms with van der Waals surface area (Å²) < 4.78 is 24.5. The maximum atomic E-state index is 11.9. The molecule has 0 aliphatic heterocycles. The normalized spacial score (nSPS) is 14.9. The van der Waals surface area contributed by atoms with E-state index in [1.807, 2.05) is 0 Å². The van der Waals surface area contributed by atoms with E-state index in [-0.39, 0.29) is 11.8 Å². The zero-order valence-electron chi connectivity index (χ0n) is 10.7. The van der Waals surface area contributed by atoms with Crippen molar-refractivity contribution in [1.82, 2.24) is 14.8 Å². The number of rotatable bonds is 4. The Morgan fingerprint density at radius 1 is 1.47 bits per heavy atom. The minimum atomic E-state index is -3.13. The number of nitrogens with two attached hydrogens (primary N) is 1. The summed E-state index contributed by atoms with van der Waals surface area (Å²) >= 11 is 0. The molecule has 1 aromatic rings. The maximum Gasteiger partial charge on any atom is 0.166 e. The minimum Gasteiger partial charge on any atom is -0.321 e. The molecule has 0 saturated heterocycles. The molecule has 1 rings (SSSR count). The van der Waals surface area contributed by atoms with Gasteiger partial charge in [-0.05, 0) is 27.7 Å². The number of aromatic nitrogens is 3. The van der Waals surface area contributed by atoms with Crippen LogP contribution in [0.4, 0.5) is 0 Å². The molecule has 98 valence electrons. The van der Waals surface area contributed by atoms with Gasteiger partial charge in [0, 0.05) is 0 Å². The molecule has 1 atom stereocenters. The zero-order chi connectivity index (χ0) is 13.3. The highest BCUT2D eigenvalue weighted by Crippen LogP contribution is 2.16. The Kier molecular flexibility index (Phi) is 3.93. The van der Waals surface area contributed by atoms with Gasteiger partial charge in [0.15, 0.2) is 15.7 Å². The Labute approximate surface area is 102 Å². The van der Waals surface area contributed by atoms with Gasteiger partial charge in [-0.3, -0.25) is 4.68 Å². The van der Waals surface area contributed by atoms with Crippen molar-refractivity contribution in [2.75, 3.05) is 5.75 Å². The lowest BCUT2D eigenvalue weighted by atomic mass is 10.3. The van der Waals surface area contributed by atoms with Gasteiger partial charge in [0.1, 0.15) is 6.33 Å². The third-order valence-corrected chi connectivity index (χ3v) is 5.07. The van der Waals surface area contributed by atoms with E-state index in [2.05, 4.69) is 10.1 Å². The van der Waals surface area contributed by atoms with Crippen molar-refractivity contribution in [2.45, 2.75) is 45.0 Å². The number of hydrogen-bond acceptors (Lipinski definition) is 5. The molecule has 0 spiro atoms. The smallest absolute Gasteiger partial charge is 0.166 e. The van der Waals surface area contributed by atoms with Gasteiger partial charge < -0.3 is 5.73 Å². The Morgan fingerprint density at radius 3 is 2.47 bits per heavy atom. The van der Waals surface area contributed by atoms with Crippen molar-refractivity contribution >= 4 is 9.84 Å². The van der Waals surface area contributed by atoms with Gasteiger partial charge in [-0.1, -0.05) is 0 Å². The summed E-state index contributed by atoms with van der Waals surface area (Å²) in [7, 11) is -3.13. The van der Waals surface area contributed by atoms with Crippen LogP contribution in [-0.2, 0) is 16.4 Å². The molecule has 0 saturated carbocycles. The molecule has 2 N–H and O–H groups in total. The molecule has 17 heavy (non-hydrogen) atoms. The van der Waals surface area contributed by atoms with E-state index in [9.17, 15) is 8.42 Å². The summed E-state index contributed by atoms with van der Waals surface area (Å²) in [5.41, 5.74) is 5.62. The molecule has 0 amide bonds. The fourth-order valence-corrected chi connectivity index (χ4v) is 2.19. The summed E-state index contributed by atoms with van der Waals surface area (Å²) in [6.07, 6.45) is 1.51. The van der Waals surface area contributed by atoms with E-state index in [0.29, 0.717) is 12.4 Å². The van der Waals surface area contributed by atoms with Crippen LogP contribution in [-0.4, -0.2) is 33.7 Å². The van der Waals surface area contributed by atoms with Crippen LogP contribution in [0, 0.1) is 0 Å². The van der Waals surface area contributed by atoms with Crippen molar-refractivity contribution < 1.29 is 8.42 Å². The van der Waals surface area contributed by atoms with E-state index < -0.39 is 14.6 Å². The van der Waals surface area contributed by atoms with Crippen molar-refractivity contribution in [3.05, 3.63) is 12.2 Å². The maximum absolute atomic E-state index is 11.9. The van der Waals surface area contributed by atoms with Crippen LogP contribution in [0.25, 0.3) is 0 Å². The van der Waals surface area contributed by atoms with E-state index >= 15 is 0 Å². The van der Waals surface area contributed by atoms with Crippen LogP contribution >= 0.6 is 0 Å². The molecule has 1 unspecified atom stereocenters. The Morgan fingerprint density at radius 2 is 2.06 bits per heavy atom. The molecule has 0 aromatic carbocycles. The first-order chi connectivity index (χ1) is 7.63. The highest BCUT2D eigenvalue weighted by atomic mass is 32.2. The summed E-state index contributed by atoms with van der Waals surface area (Å²) in [5.74, 6) is 0.580. The molecular formula is C10H20N4O2S. The Balaban J connectivity index is 2.68. The van der Waals surface area contributed by atoms with Crippen LogP contribution in [0.3, 0.4) is 0 Å². The van der Waals surface area contributed by atoms with Crippen LogP contribution in [0.2, 0.25) is 0 Å². The second-order valence-corrected chi connectivity index (χ2v) is 7.95. The minimum absolute atomic E-state index is 0.0538. The van der Waals surface area contributed by atoms with E-state index in [1.165, 1.54) is 11.0 Å². The number of sulfone groups is 1. The SMILES string of the molecule is CC(N)c1ncn(CCS(=O)(=O)C(C)(C)C)n1. The first kappa shape index (κ1) is 14.1. The molecular weight excluding hydrogens is 240 g/mol. The molecule has 0 aliphatic rings. The predicted octanol–water partition coefficient (Wildman–Crippen LogP) is 0.511. The number of aryl methyl sites for hydroxylation is 1. The second-order valence-electron chi connectivity index (χ2n) is 5.09. The van der Waals surface area contributed by atoms with Gasteiger partial charge in [-0.2, -0.15) is 5.10 Å². The molecule has 0 radical (unpaired) electrons. The molecule has 0 aliphatic carbocycles. The molecule has 7 heteroatoms. The first-order valence-electron chi connectivity index (χ1n) is 5.51. The monoisotopic (exact) mass is 260 g/mol. The van der Waals surface area contributed by atoms with Gasteiger partial charge in [0.05, 0.1) is 23.1 Å². The summed E-state index contributed by atoms with van der Waals surface area (Å²) in [5, 5.41) is 4.11. The zero-order valence-corrected chi connectivity index (χ0v) is 11.5. The summed E-state index contributed by atoms with van der Waals surface area (Å²) in [6.45, 7) is 7.16. The van der Waals surface area contributed by atoms with Gasteiger partial charge in [0.25, 0.3) is 0 Å². The van der Waals surface area contributed by atoms with Crippen molar-refractivity contribution in [1.29, 1.82) is 0 Å². The standard InChI is InChI=1S/C10H20N4O2S/c1-8(11)9-12-7-14(13-9)5-6-17(15,16)10(2,3)4/h7-8H,5-6,11H2,1-4H3. The Hall–Kier alpha value is -0.950. The lowest BCUT2D eigenvalue weighted by molar-refractivity contribution is 0.546. The van der Waals surface area contributed by atoms with Crippen LogP contribution < -0.4 is 5.73 Å². The fraction of sp³-hybridized carbons (Fsp3) is 0.800. The third kappa shape index (κ3) is 3.50. The second kappa shape index (κ2) is 4.73. The van der Waals surface area contributed by atoms with Gasteiger partial charge in [-0.25, -0.2) is 13.4 Å². The van der Waals surface area contributed by atoms with Gasteiger partial charge in [0.2, 0.25) is 0 Å². The number of hydrogen-bond donors (Lipinski definition) is 1. The topological polar surface area (TPSA) is 90.9 Å².